The van der Waals surface area contributed by atoms with Gasteiger partial charge in [-0.15, -0.1) is 0 Å². The summed E-state index contributed by atoms with van der Waals surface area (Å²) in [5.41, 5.74) is 1.75. The lowest BCUT2D eigenvalue weighted by Crippen LogP contribution is -2.57. The van der Waals surface area contributed by atoms with Gasteiger partial charge in [-0.2, -0.15) is 16.9 Å². The van der Waals surface area contributed by atoms with E-state index in [-0.39, 0.29) is 11.8 Å². The molecular weight excluding hydrogens is 370 g/mol. The molecule has 2 heterocycles. The highest BCUT2D eigenvalue weighted by molar-refractivity contribution is 7.99. The summed E-state index contributed by atoms with van der Waals surface area (Å²) in [6.45, 7) is 6.41. The van der Waals surface area contributed by atoms with Crippen LogP contribution in [0.4, 0.5) is 4.79 Å². The molecule has 1 aromatic rings. The van der Waals surface area contributed by atoms with E-state index in [1.54, 1.807) is 6.20 Å². The Kier molecular flexibility index (Phi) is 7.52. The summed E-state index contributed by atoms with van der Waals surface area (Å²) >= 11 is 1.54. The third-order valence-electron chi connectivity index (χ3n) is 4.40. The highest BCUT2D eigenvalue weighted by Crippen LogP contribution is 2.17. The fourth-order valence-electron chi connectivity index (χ4n) is 2.88. The van der Waals surface area contributed by atoms with E-state index in [0.717, 1.165) is 16.2 Å². The number of carbonyl (C=O) groups is 3. The second-order valence-electron chi connectivity index (χ2n) is 7.00. The second-order valence-corrected chi connectivity index (χ2v) is 8.15. The van der Waals surface area contributed by atoms with E-state index in [1.165, 1.54) is 11.8 Å². The topological polar surface area (TPSA) is 127 Å². The van der Waals surface area contributed by atoms with E-state index in [2.05, 4.69) is 20.8 Å². The summed E-state index contributed by atoms with van der Waals surface area (Å²) in [5, 5.41) is 21.6. The van der Waals surface area contributed by atoms with E-state index >= 15 is 0 Å². The van der Waals surface area contributed by atoms with Crippen molar-refractivity contribution in [2.24, 2.45) is 5.92 Å². The highest BCUT2D eigenvalue weighted by atomic mass is 32.2. The van der Waals surface area contributed by atoms with Gasteiger partial charge < -0.3 is 15.7 Å². The molecule has 27 heavy (non-hydrogen) atoms. The Morgan fingerprint density at radius 3 is 2.78 bits per heavy atom. The Labute approximate surface area is 162 Å². The molecule has 0 aromatic carbocycles. The van der Waals surface area contributed by atoms with Gasteiger partial charge in [0.05, 0.1) is 6.20 Å². The monoisotopic (exact) mass is 397 g/mol. The number of rotatable bonds is 7. The van der Waals surface area contributed by atoms with Crippen LogP contribution in [-0.4, -0.2) is 68.2 Å². The van der Waals surface area contributed by atoms with Gasteiger partial charge in [0.15, 0.2) is 0 Å². The molecule has 3 amide bonds. The van der Waals surface area contributed by atoms with Crippen LogP contribution >= 0.6 is 11.8 Å². The van der Waals surface area contributed by atoms with Crippen LogP contribution in [-0.2, 0) is 16.1 Å². The minimum absolute atomic E-state index is 0.188. The van der Waals surface area contributed by atoms with Gasteiger partial charge in [0.2, 0.25) is 11.8 Å². The van der Waals surface area contributed by atoms with Crippen molar-refractivity contribution in [3.05, 3.63) is 17.5 Å². The smallest absolute Gasteiger partial charge is 0.408 e. The molecule has 9 nitrogen and oxygen atoms in total. The van der Waals surface area contributed by atoms with Gasteiger partial charge in [-0.05, 0) is 19.3 Å². The van der Waals surface area contributed by atoms with E-state index in [9.17, 15) is 19.5 Å². The van der Waals surface area contributed by atoms with Crippen molar-refractivity contribution in [2.75, 3.05) is 18.1 Å². The van der Waals surface area contributed by atoms with Crippen LogP contribution in [0.3, 0.4) is 0 Å². The van der Waals surface area contributed by atoms with Crippen LogP contribution in [0.1, 0.15) is 31.5 Å². The number of aryl methyl sites for hydroxylation is 1. The van der Waals surface area contributed by atoms with Crippen molar-refractivity contribution in [1.82, 2.24) is 25.7 Å². The molecule has 2 rings (SSSR count). The Morgan fingerprint density at radius 2 is 2.19 bits per heavy atom. The maximum Gasteiger partial charge on any atom is 0.408 e. The number of nitrogens with one attached hydrogen (secondary N) is 3. The first-order valence-corrected chi connectivity index (χ1v) is 10.1. The summed E-state index contributed by atoms with van der Waals surface area (Å²) < 4.78 is 0. The first kappa shape index (κ1) is 21.1. The molecule has 10 heteroatoms. The lowest BCUT2D eigenvalue weighted by Gasteiger charge is -2.33. The number of hydrogen-bond acceptors (Lipinski definition) is 5. The molecule has 1 aromatic heterocycles. The molecule has 0 unspecified atom stereocenters. The van der Waals surface area contributed by atoms with Crippen LogP contribution in [0.25, 0.3) is 0 Å². The molecular formula is C17H27N5O4S. The maximum atomic E-state index is 12.7. The number of carboxylic acid groups (broad SMARTS) is 1. The van der Waals surface area contributed by atoms with Crippen LogP contribution < -0.4 is 10.6 Å². The maximum absolute atomic E-state index is 12.7. The average Bonchev–Trinajstić information content (AvgIpc) is 3.03. The van der Waals surface area contributed by atoms with Crippen LogP contribution in [0.15, 0.2) is 6.20 Å². The van der Waals surface area contributed by atoms with E-state index in [0.29, 0.717) is 31.0 Å². The lowest BCUT2D eigenvalue weighted by atomic mass is 10.0. The Bertz CT molecular complexity index is 678. The quantitative estimate of drug-likeness (QED) is 0.543. The normalized spacial score (nSPS) is 18.2. The molecule has 0 bridgehead atoms. The lowest BCUT2D eigenvalue weighted by molar-refractivity contribution is -0.131. The van der Waals surface area contributed by atoms with Gasteiger partial charge in [0.25, 0.3) is 0 Å². The Morgan fingerprint density at radius 1 is 1.44 bits per heavy atom. The van der Waals surface area contributed by atoms with Crippen molar-refractivity contribution >= 4 is 29.7 Å². The zero-order valence-corrected chi connectivity index (χ0v) is 16.6. The van der Waals surface area contributed by atoms with Gasteiger partial charge in [-0.25, -0.2) is 4.79 Å². The number of carbonyl (C=O) groups excluding carboxylic acids is 2. The number of amides is 3. The Balaban J connectivity index is 2.01. The first-order chi connectivity index (χ1) is 12.8. The van der Waals surface area contributed by atoms with E-state index in [1.807, 2.05) is 20.8 Å². The predicted molar refractivity (Wildman–Crippen MR) is 102 cm³/mol. The largest absolute Gasteiger partial charge is 0.465 e. The fraction of sp³-hybridized carbons (Fsp3) is 0.647. The van der Waals surface area contributed by atoms with Crippen molar-refractivity contribution < 1.29 is 19.5 Å². The van der Waals surface area contributed by atoms with Crippen molar-refractivity contribution in [3.63, 3.8) is 0 Å². The van der Waals surface area contributed by atoms with Crippen molar-refractivity contribution in [3.8, 4) is 0 Å². The summed E-state index contributed by atoms with van der Waals surface area (Å²) in [5.74, 6) is 0.527. The molecule has 4 N–H and O–H groups in total. The van der Waals surface area contributed by atoms with Gasteiger partial charge in [0, 0.05) is 35.9 Å². The summed E-state index contributed by atoms with van der Waals surface area (Å²) in [4.78, 5) is 37.8. The number of hydrogen-bond donors (Lipinski definition) is 4. The summed E-state index contributed by atoms with van der Waals surface area (Å²) in [6, 6.07) is -1.49. The van der Waals surface area contributed by atoms with Gasteiger partial charge >= 0.3 is 6.09 Å². The molecule has 150 valence electrons. The minimum Gasteiger partial charge on any atom is -0.465 e. The van der Waals surface area contributed by atoms with E-state index in [4.69, 9.17) is 0 Å². The predicted octanol–water partition coefficient (Wildman–Crippen LogP) is 0.961. The second kappa shape index (κ2) is 9.63. The molecule has 1 aliphatic heterocycles. The number of thioether (sulfide) groups is 1. The fourth-order valence-corrected chi connectivity index (χ4v) is 3.93. The molecule has 0 aliphatic carbocycles. The first-order valence-electron chi connectivity index (χ1n) is 8.93. The summed E-state index contributed by atoms with van der Waals surface area (Å²) in [6.07, 6.45) is 1.00. The van der Waals surface area contributed by atoms with Crippen LogP contribution in [0, 0.1) is 12.8 Å². The standard InChI is InChI=1S/C17H27N5O4S/c1-10(2)6-13(15(23)18-7-12-8-19-21-11(12)3)20-16(24)14-9-27-5-4-22(14)17(25)26/h8,10,13-14H,4-7,9H2,1-3H3,(H,18,23)(H,19,21)(H,20,24)(H,25,26)/t13-,14-/m0/s1. The molecule has 1 aliphatic rings. The third kappa shape index (κ3) is 5.88. The van der Waals surface area contributed by atoms with Gasteiger partial charge in [-0.1, -0.05) is 13.8 Å². The minimum atomic E-state index is -1.12. The Hall–Kier alpha value is -2.23. The van der Waals surface area contributed by atoms with Crippen molar-refractivity contribution in [1.29, 1.82) is 0 Å². The van der Waals surface area contributed by atoms with Crippen LogP contribution in [0.2, 0.25) is 0 Å². The average molecular weight is 398 g/mol. The number of aromatic amines is 1. The zero-order chi connectivity index (χ0) is 20.0. The van der Waals surface area contributed by atoms with Crippen LogP contribution in [0.5, 0.6) is 0 Å². The van der Waals surface area contributed by atoms with Gasteiger partial charge in [-0.3, -0.25) is 19.6 Å². The molecule has 1 fully saturated rings. The molecule has 1 saturated heterocycles. The third-order valence-corrected chi connectivity index (χ3v) is 5.43. The highest BCUT2D eigenvalue weighted by Gasteiger charge is 2.34. The number of aromatic nitrogens is 2. The summed E-state index contributed by atoms with van der Waals surface area (Å²) in [7, 11) is 0. The number of nitrogens with zero attached hydrogens (tertiary/aromatic N) is 2. The molecule has 2 atom stereocenters. The SMILES string of the molecule is Cc1[nH]ncc1CNC(=O)[C@H](CC(C)C)NC(=O)[C@@H]1CSCCN1C(=O)O. The number of H-pyrrole nitrogens is 1. The molecule has 0 radical (unpaired) electrons. The van der Waals surface area contributed by atoms with E-state index < -0.39 is 24.1 Å². The zero-order valence-electron chi connectivity index (χ0n) is 15.8. The van der Waals surface area contributed by atoms with Gasteiger partial charge in [0.1, 0.15) is 12.1 Å². The molecule has 0 spiro atoms. The molecule has 0 saturated carbocycles. The van der Waals surface area contributed by atoms with Crippen molar-refractivity contribution in [2.45, 2.75) is 45.8 Å².